The minimum atomic E-state index is -0.0981. The van der Waals surface area contributed by atoms with E-state index in [1.807, 2.05) is 30.5 Å². The molecule has 0 atom stereocenters. The Morgan fingerprint density at radius 2 is 1.17 bits per heavy atom. The smallest absolute Gasteiger partial charge is 0.0541 e. The van der Waals surface area contributed by atoms with Crippen LogP contribution in [-0.4, -0.2) is 14.1 Å². The Morgan fingerprint density at radius 1 is 0.521 bits per heavy atom. The first-order valence-electron chi connectivity index (χ1n) is 16.2. The molecule has 0 amide bonds. The van der Waals surface area contributed by atoms with Gasteiger partial charge in [-0.2, -0.15) is 0 Å². The van der Waals surface area contributed by atoms with Gasteiger partial charge in [0.25, 0.3) is 0 Å². The van der Waals surface area contributed by atoms with Crippen molar-refractivity contribution in [2.24, 2.45) is 0 Å². The van der Waals surface area contributed by atoms with Gasteiger partial charge in [0.05, 0.1) is 22.1 Å². The number of benzene rings is 6. The van der Waals surface area contributed by atoms with Gasteiger partial charge in [-0.1, -0.05) is 86.6 Å². The topological polar surface area (TPSA) is 22.8 Å². The van der Waals surface area contributed by atoms with E-state index < -0.39 is 0 Å². The fourth-order valence-corrected chi connectivity index (χ4v) is 8.08. The molecule has 0 bridgehead atoms. The molecule has 6 aromatic carbocycles. The molecule has 10 rings (SSSR count). The van der Waals surface area contributed by atoms with Crippen LogP contribution >= 0.6 is 0 Å². The van der Waals surface area contributed by atoms with Crippen LogP contribution in [0.5, 0.6) is 0 Å². The summed E-state index contributed by atoms with van der Waals surface area (Å²) in [6, 6.07) is 54.1. The van der Waals surface area contributed by atoms with Gasteiger partial charge in [-0.15, -0.1) is 29.8 Å². The fraction of sp³-hybridized carbons (Fsp3) is 0.0682. The molecule has 1 aliphatic carbocycles. The summed E-state index contributed by atoms with van der Waals surface area (Å²) in [6.07, 6.45) is 1.84. The zero-order chi connectivity index (χ0) is 31.3. The summed E-state index contributed by atoms with van der Waals surface area (Å²) < 4.78 is 4.84. The van der Waals surface area contributed by atoms with Crippen LogP contribution in [0, 0.1) is 6.07 Å². The third kappa shape index (κ3) is 4.00. The molecule has 0 saturated heterocycles. The van der Waals surface area contributed by atoms with E-state index in [2.05, 4.69) is 149 Å². The average molecular weight is 793 g/mol. The summed E-state index contributed by atoms with van der Waals surface area (Å²) in [5, 5.41) is 5.02. The van der Waals surface area contributed by atoms with E-state index in [0.717, 1.165) is 22.6 Å². The number of nitrogens with zero attached hydrogens (tertiary/aromatic N) is 3. The average Bonchev–Trinajstić information content (AvgIpc) is 3.71. The Balaban J connectivity index is 0.00000314. The molecule has 9 aromatic rings. The number of hydrogen-bond acceptors (Lipinski definition) is 1. The normalized spacial score (nSPS) is 13.2. The van der Waals surface area contributed by atoms with Gasteiger partial charge in [0, 0.05) is 58.9 Å². The van der Waals surface area contributed by atoms with Crippen LogP contribution in [0.3, 0.4) is 0 Å². The third-order valence-corrected chi connectivity index (χ3v) is 10.3. The van der Waals surface area contributed by atoms with Gasteiger partial charge >= 0.3 is 0 Å². The maximum atomic E-state index is 4.63. The van der Waals surface area contributed by atoms with Crippen LogP contribution in [0.2, 0.25) is 0 Å². The van der Waals surface area contributed by atoms with Crippen LogP contribution in [0.1, 0.15) is 25.0 Å². The van der Waals surface area contributed by atoms with E-state index in [4.69, 9.17) is 0 Å². The predicted molar refractivity (Wildman–Crippen MR) is 195 cm³/mol. The SMILES string of the molecule is CC1(C)c2ccccc2-c2cc3c4cc(-n5c6ccccc6c6ccccc65)ccc4n(-c4cc[c-]c(-c5ccccn5)c4)c3cc21.[Ir]. The third-order valence-electron chi connectivity index (χ3n) is 10.3. The van der Waals surface area contributed by atoms with Gasteiger partial charge in [-0.05, 0) is 82.2 Å². The number of para-hydroxylation sites is 2. The number of hydrogen-bond donors (Lipinski definition) is 0. The molecule has 3 heterocycles. The van der Waals surface area contributed by atoms with Gasteiger partial charge in [0.2, 0.25) is 0 Å². The monoisotopic (exact) mass is 793 g/mol. The molecule has 231 valence electrons. The Kier molecular flexibility index (Phi) is 6.39. The zero-order valence-electron chi connectivity index (χ0n) is 26.5. The standard InChI is InChI=1S/C44H30N3.Ir/c1-44(2)37-17-6-3-14-31(37)34-26-36-35-25-30(46-40-19-7-4-15-32(40)33-16-5-8-20-41(33)46)21-22-42(35)47(43(36)27-38(34)44)29-13-11-12-28(24-29)39-18-9-10-23-45-39;/h3-11,13-27H,1-2H3;/q-1;. The molecule has 0 saturated carbocycles. The van der Waals surface area contributed by atoms with Crippen molar-refractivity contribution in [3.8, 4) is 33.8 Å². The molecule has 3 nitrogen and oxygen atoms in total. The quantitative estimate of drug-likeness (QED) is 0.163. The Bertz CT molecular complexity index is 2660. The van der Waals surface area contributed by atoms with Gasteiger partial charge in [-0.25, -0.2) is 0 Å². The summed E-state index contributed by atoms with van der Waals surface area (Å²) in [5.41, 5.74) is 14.3. The minimum absolute atomic E-state index is 0. The number of fused-ring (bicyclic) bond motifs is 9. The predicted octanol–water partition coefficient (Wildman–Crippen LogP) is 11.0. The maximum absolute atomic E-state index is 4.63. The summed E-state index contributed by atoms with van der Waals surface area (Å²) in [5.74, 6) is 0. The second-order valence-corrected chi connectivity index (χ2v) is 13.2. The minimum Gasteiger partial charge on any atom is -0.327 e. The molecule has 0 spiro atoms. The largest absolute Gasteiger partial charge is 0.327 e. The molecule has 3 aromatic heterocycles. The van der Waals surface area contributed by atoms with E-state index in [0.29, 0.717) is 0 Å². The van der Waals surface area contributed by atoms with E-state index in [9.17, 15) is 0 Å². The van der Waals surface area contributed by atoms with E-state index in [1.165, 1.54) is 65.9 Å². The van der Waals surface area contributed by atoms with Crippen LogP contribution in [0.4, 0.5) is 0 Å². The van der Waals surface area contributed by atoms with E-state index >= 15 is 0 Å². The molecule has 0 aliphatic heterocycles. The molecular weight excluding hydrogens is 763 g/mol. The number of aromatic nitrogens is 3. The zero-order valence-corrected chi connectivity index (χ0v) is 28.9. The molecule has 1 radical (unpaired) electrons. The van der Waals surface area contributed by atoms with Crippen molar-refractivity contribution in [1.29, 1.82) is 0 Å². The van der Waals surface area contributed by atoms with Crippen molar-refractivity contribution in [3.63, 3.8) is 0 Å². The Labute approximate surface area is 292 Å². The summed E-state index contributed by atoms with van der Waals surface area (Å²) in [6.45, 7) is 4.71. The van der Waals surface area contributed by atoms with Crippen molar-refractivity contribution in [2.75, 3.05) is 0 Å². The van der Waals surface area contributed by atoms with E-state index in [1.54, 1.807) is 0 Å². The second kappa shape index (κ2) is 10.6. The maximum Gasteiger partial charge on any atom is 0.0541 e. The van der Waals surface area contributed by atoms with Crippen molar-refractivity contribution in [1.82, 2.24) is 14.1 Å². The first-order valence-corrected chi connectivity index (χ1v) is 16.2. The number of rotatable bonds is 3. The first kappa shape index (κ1) is 28.9. The number of pyridine rings is 1. The fourth-order valence-electron chi connectivity index (χ4n) is 8.08. The van der Waals surface area contributed by atoms with Gasteiger partial charge < -0.3 is 14.1 Å². The van der Waals surface area contributed by atoms with Crippen molar-refractivity contribution >= 4 is 43.6 Å². The van der Waals surface area contributed by atoms with Crippen LogP contribution < -0.4 is 0 Å². The van der Waals surface area contributed by atoms with E-state index in [-0.39, 0.29) is 25.5 Å². The van der Waals surface area contributed by atoms with Crippen molar-refractivity contribution in [3.05, 3.63) is 163 Å². The van der Waals surface area contributed by atoms with Crippen molar-refractivity contribution < 1.29 is 20.1 Å². The molecule has 4 heteroatoms. The Morgan fingerprint density at radius 3 is 1.94 bits per heavy atom. The summed E-state index contributed by atoms with van der Waals surface area (Å²) in [4.78, 5) is 4.63. The first-order chi connectivity index (χ1) is 23.1. The molecule has 0 N–H and O–H groups in total. The van der Waals surface area contributed by atoms with Crippen molar-refractivity contribution in [2.45, 2.75) is 19.3 Å². The second-order valence-electron chi connectivity index (χ2n) is 13.2. The van der Waals surface area contributed by atoms with Crippen LogP contribution in [-0.2, 0) is 25.5 Å². The van der Waals surface area contributed by atoms with Gasteiger partial charge in [0.15, 0.2) is 0 Å². The molecule has 0 unspecified atom stereocenters. The van der Waals surface area contributed by atoms with Gasteiger partial charge in [0.1, 0.15) is 0 Å². The molecule has 48 heavy (non-hydrogen) atoms. The molecule has 0 fully saturated rings. The molecule has 1 aliphatic rings. The molecular formula is C44H30IrN3-. The summed E-state index contributed by atoms with van der Waals surface area (Å²) >= 11 is 0. The van der Waals surface area contributed by atoms with Gasteiger partial charge in [-0.3, -0.25) is 0 Å². The van der Waals surface area contributed by atoms with Crippen LogP contribution in [0.25, 0.3) is 77.4 Å². The van der Waals surface area contributed by atoms with Crippen LogP contribution in [0.15, 0.2) is 146 Å². The Hall–Kier alpha value is -5.28. The summed E-state index contributed by atoms with van der Waals surface area (Å²) in [7, 11) is 0.